The van der Waals surface area contributed by atoms with Crippen molar-refractivity contribution in [2.45, 2.75) is 19.4 Å². The van der Waals surface area contributed by atoms with Gasteiger partial charge in [0, 0.05) is 30.8 Å². The Labute approximate surface area is 240 Å². The van der Waals surface area contributed by atoms with Crippen molar-refractivity contribution in [2.24, 2.45) is 0 Å². The SMILES string of the molecule is Nc1ncnc(NCCCc2nc3cccc(NCc4ccc(C(=O)NO)cc4)c3c(=O)n2-c2ccccc2)c1Cl. The van der Waals surface area contributed by atoms with Crippen molar-refractivity contribution in [3.05, 3.63) is 111 Å². The van der Waals surface area contributed by atoms with Crippen LogP contribution in [0.25, 0.3) is 16.6 Å². The van der Waals surface area contributed by atoms with Crippen LogP contribution in [-0.4, -0.2) is 37.2 Å². The quantitative estimate of drug-likeness (QED) is 0.0942. The van der Waals surface area contributed by atoms with Crippen LogP contribution in [0, 0.1) is 0 Å². The summed E-state index contributed by atoms with van der Waals surface area (Å²) in [6, 6.07) is 21.7. The summed E-state index contributed by atoms with van der Waals surface area (Å²) in [5, 5.41) is 16.1. The second kappa shape index (κ2) is 12.5. The third kappa shape index (κ3) is 6.11. The van der Waals surface area contributed by atoms with Crippen LogP contribution in [0.4, 0.5) is 17.3 Å². The fourth-order valence-electron chi connectivity index (χ4n) is 4.43. The van der Waals surface area contributed by atoms with Crippen molar-refractivity contribution in [3.63, 3.8) is 0 Å². The van der Waals surface area contributed by atoms with E-state index >= 15 is 0 Å². The maximum Gasteiger partial charge on any atom is 0.274 e. The highest BCUT2D eigenvalue weighted by Gasteiger charge is 2.16. The summed E-state index contributed by atoms with van der Waals surface area (Å²) in [5.74, 6) is 0.695. The van der Waals surface area contributed by atoms with Crippen molar-refractivity contribution in [1.82, 2.24) is 25.0 Å². The van der Waals surface area contributed by atoms with E-state index in [0.29, 0.717) is 65.4 Å². The van der Waals surface area contributed by atoms with Crippen LogP contribution in [-0.2, 0) is 13.0 Å². The lowest BCUT2D eigenvalue weighted by Crippen LogP contribution is -2.25. The summed E-state index contributed by atoms with van der Waals surface area (Å²) in [6.45, 7) is 0.938. The number of anilines is 3. The molecular formula is C29H27ClN8O3. The summed E-state index contributed by atoms with van der Waals surface area (Å²) >= 11 is 6.18. The maximum absolute atomic E-state index is 14.0. The number of aryl methyl sites for hydroxylation is 1. The molecule has 208 valence electrons. The number of nitrogens with two attached hydrogens (primary N) is 1. The number of carbonyl (C=O) groups excluding carboxylic acids is 1. The summed E-state index contributed by atoms with van der Waals surface area (Å²) in [6.07, 6.45) is 2.50. The third-order valence-electron chi connectivity index (χ3n) is 6.47. The van der Waals surface area contributed by atoms with Gasteiger partial charge in [-0.15, -0.1) is 0 Å². The molecule has 6 N–H and O–H groups in total. The number of hydroxylamine groups is 1. The number of halogens is 1. The van der Waals surface area contributed by atoms with Gasteiger partial charge < -0.3 is 16.4 Å². The largest absolute Gasteiger partial charge is 0.382 e. The minimum absolute atomic E-state index is 0.186. The second-order valence-corrected chi connectivity index (χ2v) is 9.53. The van der Waals surface area contributed by atoms with E-state index in [1.807, 2.05) is 48.5 Å². The summed E-state index contributed by atoms with van der Waals surface area (Å²) < 4.78 is 1.64. The Morgan fingerprint density at radius 2 is 1.76 bits per heavy atom. The van der Waals surface area contributed by atoms with Gasteiger partial charge in [-0.1, -0.05) is 48.0 Å². The van der Waals surface area contributed by atoms with E-state index in [2.05, 4.69) is 20.6 Å². The third-order valence-corrected chi connectivity index (χ3v) is 6.84. The predicted molar refractivity (Wildman–Crippen MR) is 159 cm³/mol. The first kappa shape index (κ1) is 27.6. The molecule has 1 amide bonds. The van der Waals surface area contributed by atoms with Gasteiger partial charge in [0.25, 0.3) is 11.5 Å². The van der Waals surface area contributed by atoms with Crippen LogP contribution < -0.4 is 27.4 Å². The fourth-order valence-corrected chi connectivity index (χ4v) is 4.59. The zero-order chi connectivity index (χ0) is 28.8. The van der Waals surface area contributed by atoms with E-state index < -0.39 is 5.91 Å². The minimum Gasteiger partial charge on any atom is -0.382 e. The average Bonchev–Trinajstić information content (AvgIpc) is 3.00. The second-order valence-electron chi connectivity index (χ2n) is 9.15. The highest BCUT2D eigenvalue weighted by atomic mass is 35.5. The molecule has 11 nitrogen and oxygen atoms in total. The molecular weight excluding hydrogens is 544 g/mol. The highest BCUT2D eigenvalue weighted by molar-refractivity contribution is 6.35. The Balaban J connectivity index is 1.42. The van der Waals surface area contributed by atoms with Gasteiger partial charge in [0.05, 0.1) is 16.6 Å². The van der Waals surface area contributed by atoms with E-state index in [-0.39, 0.29) is 16.4 Å². The topological polar surface area (TPSA) is 160 Å². The van der Waals surface area contributed by atoms with Crippen LogP contribution in [0.5, 0.6) is 0 Å². The standard InChI is InChI=1S/C29H27ClN8O3/c30-25-26(31)34-17-35-27(25)32-15-5-10-23-36-22-9-4-8-21(24(22)29(40)38(23)20-6-2-1-3-7-20)33-16-18-11-13-19(14-12-18)28(39)37-41/h1-4,6-9,11-14,17,33,41H,5,10,15-16H2,(H,37,39)(H3,31,32,34,35). The zero-order valence-corrected chi connectivity index (χ0v) is 22.6. The number of nitrogen functional groups attached to an aromatic ring is 1. The number of aromatic nitrogens is 4. The number of nitrogens with one attached hydrogen (secondary N) is 3. The van der Waals surface area contributed by atoms with Gasteiger partial charge in [-0.25, -0.2) is 20.4 Å². The van der Waals surface area contributed by atoms with E-state index in [1.54, 1.807) is 34.3 Å². The molecule has 0 saturated heterocycles. The van der Waals surface area contributed by atoms with E-state index in [9.17, 15) is 9.59 Å². The number of para-hydroxylation sites is 1. The normalized spacial score (nSPS) is 10.9. The first-order chi connectivity index (χ1) is 20.0. The van der Waals surface area contributed by atoms with E-state index in [1.165, 1.54) is 6.33 Å². The lowest BCUT2D eigenvalue weighted by atomic mass is 10.1. The number of rotatable bonds is 10. The van der Waals surface area contributed by atoms with Crippen molar-refractivity contribution in [2.75, 3.05) is 22.9 Å². The molecule has 0 unspecified atom stereocenters. The van der Waals surface area contributed by atoms with Gasteiger partial charge in [-0.05, 0) is 48.4 Å². The lowest BCUT2D eigenvalue weighted by molar-refractivity contribution is 0.0706. The number of amides is 1. The van der Waals surface area contributed by atoms with Crippen molar-refractivity contribution < 1.29 is 10.0 Å². The molecule has 0 aliphatic heterocycles. The minimum atomic E-state index is -0.583. The molecule has 0 fully saturated rings. The van der Waals surface area contributed by atoms with Crippen LogP contribution >= 0.6 is 11.6 Å². The molecule has 5 rings (SSSR count). The monoisotopic (exact) mass is 570 g/mol. The number of nitrogens with zero attached hydrogens (tertiary/aromatic N) is 4. The molecule has 12 heteroatoms. The van der Waals surface area contributed by atoms with Gasteiger partial charge in [0.2, 0.25) is 0 Å². The smallest absolute Gasteiger partial charge is 0.274 e. The molecule has 0 aliphatic rings. The molecule has 0 spiro atoms. The number of carbonyl (C=O) groups is 1. The van der Waals surface area contributed by atoms with Gasteiger partial charge in [0.15, 0.2) is 0 Å². The zero-order valence-electron chi connectivity index (χ0n) is 21.8. The summed E-state index contributed by atoms with van der Waals surface area (Å²) in [7, 11) is 0. The van der Waals surface area contributed by atoms with Crippen molar-refractivity contribution >= 4 is 45.7 Å². The lowest BCUT2D eigenvalue weighted by Gasteiger charge is -2.16. The molecule has 2 aromatic heterocycles. The summed E-state index contributed by atoms with van der Waals surface area (Å²) in [5.41, 5.74) is 10.4. The first-order valence-corrected chi connectivity index (χ1v) is 13.2. The van der Waals surface area contributed by atoms with E-state index in [4.69, 9.17) is 27.5 Å². The van der Waals surface area contributed by atoms with Crippen molar-refractivity contribution in [1.29, 1.82) is 0 Å². The Kier molecular flexibility index (Phi) is 8.37. The number of fused-ring (bicyclic) bond motifs is 1. The molecule has 5 aromatic rings. The van der Waals surface area contributed by atoms with E-state index in [0.717, 1.165) is 5.56 Å². The molecule has 0 atom stereocenters. The molecule has 3 aromatic carbocycles. The number of hydrogen-bond acceptors (Lipinski definition) is 9. The molecule has 0 radical (unpaired) electrons. The van der Waals surface area contributed by atoms with Gasteiger partial charge in [-0.3, -0.25) is 19.4 Å². The van der Waals surface area contributed by atoms with Crippen LogP contribution in [0.1, 0.15) is 28.2 Å². The molecule has 41 heavy (non-hydrogen) atoms. The number of benzene rings is 3. The van der Waals surface area contributed by atoms with Crippen LogP contribution in [0.2, 0.25) is 5.02 Å². The maximum atomic E-state index is 14.0. The average molecular weight is 571 g/mol. The fraction of sp³-hybridized carbons (Fsp3) is 0.138. The van der Waals surface area contributed by atoms with Gasteiger partial charge in [-0.2, -0.15) is 0 Å². The van der Waals surface area contributed by atoms with Crippen LogP contribution in [0.15, 0.2) is 83.9 Å². The predicted octanol–water partition coefficient (Wildman–Crippen LogP) is 4.19. The van der Waals surface area contributed by atoms with Crippen molar-refractivity contribution in [3.8, 4) is 5.69 Å². The Morgan fingerprint density at radius 1 is 0.976 bits per heavy atom. The highest BCUT2D eigenvalue weighted by Crippen LogP contribution is 2.24. The Hall–Kier alpha value is -5.00. The Morgan fingerprint density at radius 3 is 2.51 bits per heavy atom. The molecule has 0 bridgehead atoms. The molecule has 2 heterocycles. The molecule has 0 aliphatic carbocycles. The molecule has 0 saturated carbocycles. The first-order valence-electron chi connectivity index (χ1n) is 12.8. The van der Waals surface area contributed by atoms with Gasteiger partial charge >= 0.3 is 0 Å². The summed E-state index contributed by atoms with van der Waals surface area (Å²) in [4.78, 5) is 38.5. The van der Waals surface area contributed by atoms with Gasteiger partial charge in [0.1, 0.15) is 28.8 Å². The van der Waals surface area contributed by atoms with Crippen LogP contribution in [0.3, 0.4) is 0 Å². The Bertz CT molecular complexity index is 1740. The number of hydrogen-bond donors (Lipinski definition) is 5.